The molecule has 0 fully saturated rings. The summed E-state index contributed by atoms with van der Waals surface area (Å²) < 4.78 is 12.2. The van der Waals surface area contributed by atoms with E-state index in [0.29, 0.717) is 52.0 Å². The fraction of sp³-hybridized carbons (Fsp3) is 0.136. The number of aromatic nitrogens is 2. The van der Waals surface area contributed by atoms with Crippen LogP contribution in [-0.2, 0) is 6.54 Å². The number of thiazole rings is 1. The second kappa shape index (κ2) is 8.34. The lowest BCUT2D eigenvalue weighted by molar-refractivity contribution is 0.0985. The van der Waals surface area contributed by atoms with Gasteiger partial charge in [-0.05, 0) is 29.8 Å². The lowest BCUT2D eigenvalue weighted by atomic mass is 10.2. The van der Waals surface area contributed by atoms with Crippen LogP contribution >= 0.6 is 34.5 Å². The predicted molar refractivity (Wildman–Crippen MR) is 122 cm³/mol. The van der Waals surface area contributed by atoms with Crippen molar-refractivity contribution in [2.75, 3.05) is 18.1 Å². The van der Waals surface area contributed by atoms with Crippen molar-refractivity contribution in [3.05, 3.63) is 76.0 Å². The minimum absolute atomic E-state index is 0.260. The van der Waals surface area contributed by atoms with Crippen LogP contribution in [0.3, 0.4) is 0 Å². The molecule has 0 saturated carbocycles. The quantitative estimate of drug-likeness (QED) is 0.386. The Morgan fingerprint density at radius 1 is 1.06 bits per heavy atom. The van der Waals surface area contributed by atoms with Gasteiger partial charge in [0.2, 0.25) is 0 Å². The first-order chi connectivity index (χ1) is 15.1. The van der Waals surface area contributed by atoms with Gasteiger partial charge in [-0.25, -0.2) is 4.98 Å². The van der Waals surface area contributed by atoms with E-state index in [1.807, 2.05) is 24.3 Å². The van der Waals surface area contributed by atoms with Crippen molar-refractivity contribution in [2.24, 2.45) is 0 Å². The first-order valence-corrected chi connectivity index (χ1v) is 11.0. The number of carbonyl (C=O) groups is 1. The van der Waals surface area contributed by atoms with Crippen LogP contribution in [0.5, 0.6) is 11.5 Å². The number of anilines is 1. The Balaban J connectivity index is 1.58. The third kappa shape index (κ3) is 4.17. The van der Waals surface area contributed by atoms with E-state index in [1.165, 1.54) is 11.3 Å². The Hall–Kier alpha value is -2.87. The number of hydrogen-bond donors (Lipinski definition) is 0. The minimum atomic E-state index is -0.260. The van der Waals surface area contributed by atoms with Crippen molar-refractivity contribution in [1.82, 2.24) is 9.97 Å². The maximum absolute atomic E-state index is 13.5. The Morgan fingerprint density at radius 3 is 2.52 bits per heavy atom. The van der Waals surface area contributed by atoms with E-state index in [9.17, 15) is 4.79 Å². The second-order valence-corrected chi connectivity index (χ2v) is 8.75. The molecule has 3 heterocycles. The summed E-state index contributed by atoms with van der Waals surface area (Å²) in [7, 11) is 0. The van der Waals surface area contributed by atoms with Crippen molar-refractivity contribution >= 4 is 55.8 Å². The highest BCUT2D eigenvalue weighted by Gasteiger charge is 2.24. The third-order valence-corrected chi connectivity index (χ3v) is 6.17. The molecule has 0 spiro atoms. The largest absolute Gasteiger partial charge is 0.486 e. The average molecular weight is 472 g/mol. The maximum Gasteiger partial charge on any atom is 0.260 e. The van der Waals surface area contributed by atoms with Gasteiger partial charge in [0.1, 0.15) is 13.2 Å². The van der Waals surface area contributed by atoms with Gasteiger partial charge in [0.05, 0.1) is 16.8 Å². The van der Waals surface area contributed by atoms with Gasteiger partial charge in [-0.1, -0.05) is 40.6 Å². The zero-order chi connectivity index (χ0) is 21.4. The molecule has 0 N–H and O–H groups in total. The summed E-state index contributed by atoms with van der Waals surface area (Å²) in [5.74, 6) is 1.08. The highest BCUT2D eigenvalue weighted by atomic mass is 35.5. The summed E-state index contributed by atoms with van der Waals surface area (Å²) in [6.45, 7) is 1.30. The molecule has 0 saturated heterocycles. The maximum atomic E-state index is 13.5. The highest BCUT2D eigenvalue weighted by molar-refractivity contribution is 7.22. The third-order valence-electron chi connectivity index (χ3n) is 4.69. The van der Waals surface area contributed by atoms with Gasteiger partial charge < -0.3 is 9.47 Å². The van der Waals surface area contributed by atoms with Crippen molar-refractivity contribution in [1.29, 1.82) is 0 Å². The molecule has 0 unspecified atom stereocenters. The molecule has 0 atom stereocenters. The van der Waals surface area contributed by atoms with E-state index >= 15 is 0 Å². The van der Waals surface area contributed by atoms with E-state index in [1.54, 1.807) is 35.5 Å². The molecule has 1 aliphatic heterocycles. The molecular weight excluding hydrogens is 457 g/mol. The first-order valence-electron chi connectivity index (χ1n) is 9.44. The van der Waals surface area contributed by atoms with Crippen LogP contribution in [-0.4, -0.2) is 29.1 Å². The van der Waals surface area contributed by atoms with Crippen LogP contribution in [0.1, 0.15) is 15.9 Å². The molecule has 0 aliphatic carbocycles. The molecule has 2 aromatic heterocycles. The first kappa shape index (κ1) is 20.1. The Labute approximate surface area is 192 Å². The number of rotatable bonds is 4. The van der Waals surface area contributed by atoms with Gasteiger partial charge >= 0.3 is 0 Å². The Kier molecular flexibility index (Phi) is 5.40. The van der Waals surface area contributed by atoms with Gasteiger partial charge in [-0.2, -0.15) is 0 Å². The van der Waals surface area contributed by atoms with Crippen molar-refractivity contribution in [3.8, 4) is 11.5 Å². The number of pyridine rings is 1. The number of ether oxygens (including phenoxy) is 2. The summed E-state index contributed by atoms with van der Waals surface area (Å²) in [6.07, 6.45) is 3.41. The van der Waals surface area contributed by atoms with E-state index < -0.39 is 0 Å². The normalized spacial score (nSPS) is 12.7. The smallest absolute Gasteiger partial charge is 0.260 e. The van der Waals surface area contributed by atoms with E-state index in [0.717, 1.165) is 15.8 Å². The number of nitrogens with zero attached hydrogens (tertiary/aromatic N) is 3. The van der Waals surface area contributed by atoms with Gasteiger partial charge in [0.15, 0.2) is 16.6 Å². The summed E-state index contributed by atoms with van der Waals surface area (Å²) >= 11 is 13.7. The molecule has 2 aromatic carbocycles. The van der Waals surface area contributed by atoms with E-state index in [2.05, 4.69) is 4.98 Å². The summed E-state index contributed by atoms with van der Waals surface area (Å²) in [5, 5.41) is 1.33. The fourth-order valence-corrected chi connectivity index (χ4v) is 4.80. The SMILES string of the molecule is O=C(c1cc(Cl)cc(Cl)c1)N(Cc1cccnc1)c1nc2cc3c(cc2s1)OCCO3. The van der Waals surface area contributed by atoms with Crippen molar-refractivity contribution in [2.45, 2.75) is 6.54 Å². The van der Waals surface area contributed by atoms with E-state index in [4.69, 9.17) is 37.7 Å². The number of amides is 1. The molecule has 9 heteroatoms. The van der Waals surface area contributed by atoms with Crippen LogP contribution in [0.15, 0.2) is 54.9 Å². The topological polar surface area (TPSA) is 64.6 Å². The van der Waals surface area contributed by atoms with Crippen LogP contribution in [0.25, 0.3) is 10.2 Å². The Bertz CT molecular complexity index is 1220. The number of halogens is 2. The summed E-state index contributed by atoms with van der Waals surface area (Å²) in [4.78, 5) is 24.0. The fourth-order valence-electron chi connectivity index (χ4n) is 3.30. The molecular formula is C22H15Cl2N3O3S. The lowest BCUT2D eigenvalue weighted by Gasteiger charge is -2.20. The summed E-state index contributed by atoms with van der Waals surface area (Å²) in [6, 6.07) is 12.3. The number of hydrogen-bond acceptors (Lipinski definition) is 6. The highest BCUT2D eigenvalue weighted by Crippen LogP contribution is 2.39. The standard InChI is InChI=1S/C22H15Cl2N3O3S/c23-15-6-14(7-16(24)8-15)21(28)27(12-13-2-1-3-25-11-13)22-26-17-9-18-19(10-20(17)31-22)30-5-4-29-18/h1-3,6-11H,4-5,12H2. The van der Waals surface area contributed by atoms with E-state index in [-0.39, 0.29) is 5.91 Å². The molecule has 156 valence electrons. The van der Waals surface area contributed by atoms with Gasteiger partial charge in [0.25, 0.3) is 5.91 Å². The van der Waals surface area contributed by atoms with Crippen LogP contribution in [0, 0.1) is 0 Å². The van der Waals surface area contributed by atoms with Crippen LogP contribution in [0.2, 0.25) is 10.0 Å². The van der Waals surface area contributed by atoms with Crippen molar-refractivity contribution < 1.29 is 14.3 Å². The van der Waals surface area contributed by atoms with Crippen molar-refractivity contribution in [3.63, 3.8) is 0 Å². The molecule has 0 bridgehead atoms. The molecule has 5 rings (SSSR count). The summed E-state index contributed by atoms with van der Waals surface area (Å²) in [5.41, 5.74) is 1.98. The average Bonchev–Trinajstić information content (AvgIpc) is 3.18. The zero-order valence-corrected chi connectivity index (χ0v) is 18.4. The lowest BCUT2D eigenvalue weighted by Crippen LogP contribution is -2.30. The molecule has 4 aromatic rings. The second-order valence-electron chi connectivity index (χ2n) is 6.87. The Morgan fingerprint density at radius 2 is 1.81 bits per heavy atom. The van der Waals surface area contributed by atoms with Crippen LogP contribution in [0.4, 0.5) is 5.13 Å². The number of benzene rings is 2. The van der Waals surface area contributed by atoms with Gasteiger partial charge in [0, 0.05) is 40.1 Å². The molecule has 1 amide bonds. The molecule has 1 aliphatic rings. The monoisotopic (exact) mass is 471 g/mol. The zero-order valence-electron chi connectivity index (χ0n) is 16.0. The van der Waals surface area contributed by atoms with Gasteiger partial charge in [-0.15, -0.1) is 0 Å². The minimum Gasteiger partial charge on any atom is -0.486 e. The molecule has 0 radical (unpaired) electrons. The molecule has 31 heavy (non-hydrogen) atoms. The number of carbonyl (C=O) groups excluding carboxylic acids is 1. The predicted octanol–water partition coefficient (Wildman–Crippen LogP) is 5.62. The van der Waals surface area contributed by atoms with Crippen LogP contribution < -0.4 is 14.4 Å². The van der Waals surface area contributed by atoms with Gasteiger partial charge in [-0.3, -0.25) is 14.7 Å². The molecule has 6 nitrogen and oxygen atoms in total. The number of fused-ring (bicyclic) bond motifs is 2.